The van der Waals surface area contributed by atoms with Crippen molar-refractivity contribution in [3.63, 3.8) is 0 Å². The summed E-state index contributed by atoms with van der Waals surface area (Å²) in [5.74, 6) is 0.373. The molecule has 1 N–H and O–H groups in total. The lowest BCUT2D eigenvalue weighted by molar-refractivity contribution is 0.0519. The molecule has 5 heteroatoms. The molecule has 0 saturated carbocycles. The minimum absolute atomic E-state index is 0.235. The molecule has 1 aliphatic heterocycles. The molecule has 0 radical (unpaired) electrons. The largest absolute Gasteiger partial charge is 0.393 e. The first-order valence-corrected chi connectivity index (χ1v) is 11.5. The van der Waals surface area contributed by atoms with E-state index in [1.165, 1.54) is 11.8 Å². The zero-order chi connectivity index (χ0) is 19.3. The Labute approximate surface area is 162 Å². The molecule has 27 heavy (non-hydrogen) atoms. The zero-order valence-electron chi connectivity index (χ0n) is 15.9. The van der Waals surface area contributed by atoms with Crippen molar-refractivity contribution >= 4 is 9.84 Å². The number of aryl methyl sites for hydroxylation is 1. The van der Waals surface area contributed by atoms with Crippen LogP contribution >= 0.6 is 0 Å². The van der Waals surface area contributed by atoms with Crippen LogP contribution < -0.4 is 0 Å². The lowest BCUT2D eigenvalue weighted by Gasteiger charge is -2.34. The molecule has 1 fully saturated rings. The second-order valence-corrected chi connectivity index (χ2v) is 9.64. The van der Waals surface area contributed by atoms with Crippen molar-refractivity contribution in [2.24, 2.45) is 5.92 Å². The normalized spacial score (nSPS) is 17.7. The number of rotatable bonds is 7. The molecular weight excluding hydrogens is 358 g/mol. The molecule has 146 valence electrons. The van der Waals surface area contributed by atoms with E-state index < -0.39 is 9.84 Å². The van der Waals surface area contributed by atoms with E-state index in [0.29, 0.717) is 10.8 Å². The van der Waals surface area contributed by atoms with Crippen LogP contribution in [0.1, 0.15) is 30.4 Å². The third kappa shape index (κ3) is 5.89. The van der Waals surface area contributed by atoms with Crippen molar-refractivity contribution in [1.29, 1.82) is 0 Å². The predicted octanol–water partition coefficient (Wildman–Crippen LogP) is 3.30. The lowest BCUT2D eigenvalue weighted by Crippen LogP contribution is -2.37. The van der Waals surface area contributed by atoms with E-state index >= 15 is 0 Å². The van der Waals surface area contributed by atoms with Crippen LogP contribution in [-0.4, -0.2) is 43.9 Å². The average molecular weight is 388 g/mol. The number of likely N-dealkylation sites (tertiary alicyclic amines) is 1. The number of benzene rings is 2. The fourth-order valence-corrected chi connectivity index (χ4v) is 4.42. The first-order chi connectivity index (χ1) is 12.9. The van der Waals surface area contributed by atoms with Gasteiger partial charge in [-0.05, 0) is 68.0 Å². The highest BCUT2D eigenvalue weighted by molar-refractivity contribution is 7.90. The quantitative estimate of drug-likeness (QED) is 0.792. The molecule has 0 aliphatic carbocycles. The van der Waals surface area contributed by atoms with Gasteiger partial charge >= 0.3 is 0 Å². The van der Waals surface area contributed by atoms with Gasteiger partial charge in [-0.3, -0.25) is 4.90 Å². The van der Waals surface area contributed by atoms with Crippen LogP contribution in [0.2, 0.25) is 0 Å². The Morgan fingerprint density at radius 2 is 1.63 bits per heavy atom. The number of hydrogen-bond donors (Lipinski definition) is 1. The van der Waals surface area contributed by atoms with Gasteiger partial charge in [-0.15, -0.1) is 0 Å². The number of aliphatic hydroxyl groups excluding tert-OH is 1. The number of hydrogen-bond acceptors (Lipinski definition) is 4. The highest BCUT2D eigenvalue weighted by Crippen LogP contribution is 2.25. The van der Waals surface area contributed by atoms with E-state index in [2.05, 4.69) is 17.0 Å². The SMILES string of the molecule is CS(=O)(=O)c1ccc(CN2CCC([C@@H](O)CCc3ccccc3)CC2)cc1. The fraction of sp³-hybridized carbons (Fsp3) is 0.455. The zero-order valence-corrected chi connectivity index (χ0v) is 16.7. The molecule has 0 amide bonds. The molecule has 2 aromatic carbocycles. The summed E-state index contributed by atoms with van der Waals surface area (Å²) in [6.07, 6.45) is 4.77. The Bertz CT molecular complexity index is 810. The van der Waals surface area contributed by atoms with Crippen molar-refractivity contribution in [3.8, 4) is 0 Å². The first-order valence-electron chi connectivity index (χ1n) is 9.65. The van der Waals surface area contributed by atoms with Crippen LogP contribution in [0, 0.1) is 5.92 Å². The number of piperidine rings is 1. The molecule has 3 rings (SSSR count). The Morgan fingerprint density at radius 1 is 1.00 bits per heavy atom. The van der Waals surface area contributed by atoms with Gasteiger partial charge in [0.2, 0.25) is 0 Å². The third-order valence-electron chi connectivity index (χ3n) is 5.51. The van der Waals surface area contributed by atoms with E-state index in [-0.39, 0.29) is 6.10 Å². The molecule has 2 aromatic rings. The third-order valence-corrected chi connectivity index (χ3v) is 6.63. The molecule has 0 aromatic heterocycles. The van der Waals surface area contributed by atoms with Crippen molar-refractivity contribution < 1.29 is 13.5 Å². The van der Waals surface area contributed by atoms with Crippen LogP contribution in [0.5, 0.6) is 0 Å². The van der Waals surface area contributed by atoms with Gasteiger partial charge in [0.25, 0.3) is 0 Å². The van der Waals surface area contributed by atoms with Gasteiger partial charge in [0.1, 0.15) is 0 Å². The molecule has 1 saturated heterocycles. The summed E-state index contributed by atoms with van der Waals surface area (Å²) in [5.41, 5.74) is 2.41. The van der Waals surface area contributed by atoms with E-state index in [1.54, 1.807) is 12.1 Å². The monoisotopic (exact) mass is 387 g/mol. The molecule has 1 atom stereocenters. The van der Waals surface area contributed by atoms with Gasteiger partial charge < -0.3 is 5.11 Å². The van der Waals surface area contributed by atoms with Gasteiger partial charge in [0, 0.05) is 12.8 Å². The maximum Gasteiger partial charge on any atom is 0.175 e. The van der Waals surface area contributed by atoms with Gasteiger partial charge in [-0.2, -0.15) is 0 Å². The van der Waals surface area contributed by atoms with E-state index in [0.717, 1.165) is 50.9 Å². The summed E-state index contributed by atoms with van der Waals surface area (Å²) in [6.45, 7) is 2.78. The number of nitrogens with zero attached hydrogens (tertiary/aromatic N) is 1. The second kappa shape index (κ2) is 9.00. The minimum atomic E-state index is -3.14. The molecule has 0 spiro atoms. The van der Waals surface area contributed by atoms with Crippen LogP contribution in [0.4, 0.5) is 0 Å². The summed E-state index contributed by atoms with van der Waals surface area (Å²) in [4.78, 5) is 2.75. The topological polar surface area (TPSA) is 57.6 Å². The standard InChI is InChI=1S/C22H29NO3S/c1-27(25,26)21-10-7-19(8-11-21)17-23-15-13-20(14-16-23)22(24)12-9-18-5-3-2-4-6-18/h2-8,10-11,20,22,24H,9,12-17H2,1H3/t22-/m0/s1. The van der Waals surface area contributed by atoms with Crippen LogP contribution in [0.25, 0.3) is 0 Å². The lowest BCUT2D eigenvalue weighted by atomic mass is 9.88. The average Bonchev–Trinajstić information content (AvgIpc) is 2.67. The van der Waals surface area contributed by atoms with Gasteiger partial charge in [0.05, 0.1) is 11.0 Å². The van der Waals surface area contributed by atoms with Gasteiger partial charge in [-0.25, -0.2) is 8.42 Å². The Balaban J connectivity index is 1.44. The molecule has 1 heterocycles. The van der Waals surface area contributed by atoms with Crippen molar-refractivity contribution in [3.05, 3.63) is 65.7 Å². The van der Waals surface area contributed by atoms with Crippen LogP contribution in [0.15, 0.2) is 59.5 Å². The van der Waals surface area contributed by atoms with Crippen molar-refractivity contribution in [1.82, 2.24) is 4.90 Å². The summed E-state index contributed by atoms with van der Waals surface area (Å²) < 4.78 is 23.1. The Hall–Kier alpha value is -1.69. The first kappa shape index (κ1) is 20.1. The van der Waals surface area contributed by atoms with Gasteiger partial charge in [0.15, 0.2) is 9.84 Å². The molecule has 4 nitrogen and oxygen atoms in total. The highest BCUT2D eigenvalue weighted by atomic mass is 32.2. The summed E-state index contributed by atoms with van der Waals surface area (Å²) >= 11 is 0. The van der Waals surface area contributed by atoms with Crippen molar-refractivity contribution in [2.75, 3.05) is 19.3 Å². The number of aliphatic hydroxyl groups is 1. The molecule has 0 bridgehead atoms. The van der Waals surface area contributed by atoms with Gasteiger partial charge in [-0.1, -0.05) is 42.5 Å². The molecule has 0 unspecified atom stereocenters. The summed E-state index contributed by atoms with van der Waals surface area (Å²) in [5, 5.41) is 10.5. The second-order valence-electron chi connectivity index (χ2n) is 7.62. The molecule has 1 aliphatic rings. The maximum atomic E-state index is 11.5. The Morgan fingerprint density at radius 3 is 2.22 bits per heavy atom. The van der Waals surface area contributed by atoms with E-state index in [1.807, 2.05) is 30.3 Å². The Kier molecular flexibility index (Phi) is 6.68. The highest BCUT2D eigenvalue weighted by Gasteiger charge is 2.25. The maximum absolute atomic E-state index is 11.5. The number of sulfone groups is 1. The predicted molar refractivity (Wildman–Crippen MR) is 108 cm³/mol. The van der Waals surface area contributed by atoms with Crippen LogP contribution in [0.3, 0.4) is 0 Å². The van der Waals surface area contributed by atoms with E-state index in [9.17, 15) is 13.5 Å². The van der Waals surface area contributed by atoms with E-state index in [4.69, 9.17) is 0 Å². The fourth-order valence-electron chi connectivity index (χ4n) is 3.79. The minimum Gasteiger partial charge on any atom is -0.393 e. The smallest absolute Gasteiger partial charge is 0.175 e. The van der Waals surface area contributed by atoms with Crippen molar-refractivity contribution in [2.45, 2.75) is 43.2 Å². The molecular formula is C22H29NO3S. The summed E-state index contributed by atoms with van der Waals surface area (Å²) in [6, 6.07) is 17.5. The summed E-state index contributed by atoms with van der Waals surface area (Å²) in [7, 11) is -3.14. The van der Waals surface area contributed by atoms with Crippen LogP contribution in [-0.2, 0) is 22.8 Å².